The van der Waals surface area contributed by atoms with Crippen molar-refractivity contribution in [3.8, 4) is 5.95 Å². The summed E-state index contributed by atoms with van der Waals surface area (Å²) in [6.07, 6.45) is 3.88. The molecule has 0 aliphatic rings. The Morgan fingerprint density at radius 2 is 1.90 bits per heavy atom. The highest BCUT2D eigenvalue weighted by Gasteiger charge is 2.14. The van der Waals surface area contributed by atoms with E-state index in [9.17, 15) is 5.11 Å². The maximum atomic E-state index is 9.77. The lowest BCUT2D eigenvalue weighted by Crippen LogP contribution is -2.30. The molecule has 114 valence electrons. The molecule has 2 heterocycles. The van der Waals surface area contributed by atoms with Gasteiger partial charge in [0.1, 0.15) is 12.7 Å². The number of aromatic nitrogens is 6. The number of anilines is 2. The number of hydrogen-bond acceptors (Lipinski definition) is 8. The molecule has 9 heteroatoms. The van der Waals surface area contributed by atoms with Crippen molar-refractivity contribution in [2.45, 2.75) is 32.8 Å². The Hall–Kier alpha value is -2.29. The van der Waals surface area contributed by atoms with Crippen molar-refractivity contribution in [3.05, 3.63) is 12.7 Å². The molecular weight excluding hydrogens is 272 g/mol. The van der Waals surface area contributed by atoms with Gasteiger partial charge in [-0.15, -0.1) is 0 Å². The van der Waals surface area contributed by atoms with Crippen molar-refractivity contribution in [2.24, 2.45) is 0 Å². The smallest absolute Gasteiger partial charge is 0.258 e. The van der Waals surface area contributed by atoms with Crippen LogP contribution in [0, 0.1) is 0 Å². The van der Waals surface area contributed by atoms with Gasteiger partial charge in [0.05, 0.1) is 5.60 Å². The van der Waals surface area contributed by atoms with Crippen LogP contribution in [0.4, 0.5) is 11.9 Å². The van der Waals surface area contributed by atoms with E-state index in [-0.39, 0.29) is 0 Å². The molecule has 0 bridgehead atoms. The predicted octanol–water partition coefficient (Wildman–Crippen LogP) is 0.457. The molecule has 0 fully saturated rings. The summed E-state index contributed by atoms with van der Waals surface area (Å²) in [7, 11) is 0. The highest BCUT2D eigenvalue weighted by atomic mass is 16.3. The zero-order valence-corrected chi connectivity index (χ0v) is 12.4. The number of hydrogen-bond donors (Lipinski definition) is 3. The molecule has 0 amide bonds. The van der Waals surface area contributed by atoms with Crippen molar-refractivity contribution < 1.29 is 5.11 Å². The Balaban J connectivity index is 2.24. The lowest BCUT2D eigenvalue weighted by Gasteiger charge is -2.18. The zero-order valence-electron chi connectivity index (χ0n) is 12.4. The van der Waals surface area contributed by atoms with E-state index in [1.165, 1.54) is 17.3 Å². The van der Waals surface area contributed by atoms with Crippen molar-refractivity contribution in [1.82, 2.24) is 29.7 Å². The van der Waals surface area contributed by atoms with Gasteiger partial charge in [0, 0.05) is 13.1 Å². The lowest BCUT2D eigenvalue weighted by molar-refractivity contribution is 0.0943. The maximum Gasteiger partial charge on any atom is 0.258 e. The topological polar surface area (TPSA) is 114 Å². The first-order chi connectivity index (χ1) is 9.98. The van der Waals surface area contributed by atoms with Crippen LogP contribution in [0.3, 0.4) is 0 Å². The molecule has 0 spiro atoms. The molecule has 3 N–H and O–H groups in total. The van der Waals surface area contributed by atoms with E-state index in [1.54, 1.807) is 13.8 Å². The van der Waals surface area contributed by atoms with Crippen LogP contribution in [0.5, 0.6) is 0 Å². The summed E-state index contributed by atoms with van der Waals surface area (Å²) in [5.41, 5.74) is -0.864. The van der Waals surface area contributed by atoms with Gasteiger partial charge in [-0.05, 0) is 20.3 Å². The van der Waals surface area contributed by atoms with Crippen LogP contribution in [-0.2, 0) is 0 Å². The second-order valence-corrected chi connectivity index (χ2v) is 5.22. The number of nitrogens with one attached hydrogen (secondary N) is 2. The molecule has 2 rings (SSSR count). The van der Waals surface area contributed by atoms with Gasteiger partial charge >= 0.3 is 0 Å². The summed E-state index contributed by atoms with van der Waals surface area (Å²) in [6, 6.07) is 0. The molecular formula is C12H20N8O. The van der Waals surface area contributed by atoms with Gasteiger partial charge in [-0.1, -0.05) is 6.92 Å². The Labute approximate surface area is 122 Å². The molecule has 0 aromatic carbocycles. The Bertz CT molecular complexity index is 563. The first kappa shape index (κ1) is 15.1. The van der Waals surface area contributed by atoms with Gasteiger partial charge < -0.3 is 15.7 Å². The summed E-state index contributed by atoms with van der Waals surface area (Å²) >= 11 is 0. The van der Waals surface area contributed by atoms with Crippen LogP contribution in [0.2, 0.25) is 0 Å². The molecule has 0 aliphatic carbocycles. The molecule has 0 saturated carbocycles. The van der Waals surface area contributed by atoms with E-state index in [1.807, 2.05) is 0 Å². The largest absolute Gasteiger partial charge is 0.389 e. The summed E-state index contributed by atoms with van der Waals surface area (Å²) in [5, 5.41) is 19.9. The van der Waals surface area contributed by atoms with Crippen molar-refractivity contribution >= 4 is 11.9 Å². The fourth-order valence-corrected chi connectivity index (χ4v) is 1.47. The van der Waals surface area contributed by atoms with Gasteiger partial charge in [-0.3, -0.25) is 0 Å². The van der Waals surface area contributed by atoms with E-state index in [4.69, 9.17) is 0 Å². The van der Waals surface area contributed by atoms with E-state index >= 15 is 0 Å². The van der Waals surface area contributed by atoms with Crippen LogP contribution in [0.25, 0.3) is 5.95 Å². The van der Waals surface area contributed by atoms with Crippen molar-refractivity contribution in [3.63, 3.8) is 0 Å². The third-order valence-electron chi connectivity index (χ3n) is 2.46. The minimum Gasteiger partial charge on any atom is -0.389 e. The molecule has 0 aliphatic heterocycles. The second-order valence-electron chi connectivity index (χ2n) is 5.22. The average Bonchev–Trinajstić information content (AvgIpc) is 2.96. The Morgan fingerprint density at radius 1 is 1.19 bits per heavy atom. The first-order valence-electron chi connectivity index (χ1n) is 6.79. The lowest BCUT2D eigenvalue weighted by atomic mass is 10.1. The van der Waals surface area contributed by atoms with E-state index in [0.717, 1.165) is 13.0 Å². The third-order valence-corrected chi connectivity index (χ3v) is 2.46. The average molecular weight is 292 g/mol. The monoisotopic (exact) mass is 292 g/mol. The summed E-state index contributed by atoms with van der Waals surface area (Å²) in [6.45, 7) is 6.54. The Kier molecular flexibility index (Phi) is 4.63. The predicted molar refractivity (Wildman–Crippen MR) is 78.3 cm³/mol. The number of rotatable bonds is 7. The minimum atomic E-state index is -0.864. The molecule has 0 unspecified atom stereocenters. The van der Waals surface area contributed by atoms with Gasteiger partial charge in [-0.25, -0.2) is 4.98 Å². The summed E-state index contributed by atoms with van der Waals surface area (Å²) < 4.78 is 1.45. The molecule has 0 radical (unpaired) electrons. The highest BCUT2D eigenvalue weighted by molar-refractivity contribution is 5.37. The molecule has 2 aromatic heterocycles. The van der Waals surface area contributed by atoms with Gasteiger partial charge in [0.2, 0.25) is 11.9 Å². The maximum absolute atomic E-state index is 9.77. The standard InChI is InChI=1S/C12H20N8O/c1-4-5-14-9-17-10(15-6-12(2,3)21)19-11(18-9)20-8-13-7-16-20/h7-8,21H,4-6H2,1-3H3,(H2,14,15,17,18,19). The SMILES string of the molecule is CCCNc1nc(NCC(C)(C)O)nc(-n2cncn2)n1. The Morgan fingerprint density at radius 3 is 2.48 bits per heavy atom. The van der Waals surface area contributed by atoms with Crippen LogP contribution >= 0.6 is 0 Å². The normalized spacial score (nSPS) is 11.4. The fraction of sp³-hybridized carbons (Fsp3) is 0.583. The zero-order chi connectivity index (χ0) is 15.3. The molecule has 2 aromatic rings. The van der Waals surface area contributed by atoms with E-state index in [0.29, 0.717) is 24.4 Å². The van der Waals surface area contributed by atoms with Gasteiger partial charge in [-0.2, -0.15) is 24.7 Å². The summed E-state index contributed by atoms with van der Waals surface area (Å²) in [4.78, 5) is 16.7. The van der Waals surface area contributed by atoms with Gasteiger partial charge in [0.15, 0.2) is 0 Å². The van der Waals surface area contributed by atoms with E-state index in [2.05, 4.69) is 42.6 Å². The fourth-order valence-electron chi connectivity index (χ4n) is 1.47. The second kappa shape index (κ2) is 6.44. The number of aliphatic hydroxyl groups is 1. The van der Waals surface area contributed by atoms with Crippen LogP contribution in [0.15, 0.2) is 12.7 Å². The van der Waals surface area contributed by atoms with Crippen molar-refractivity contribution in [1.29, 1.82) is 0 Å². The van der Waals surface area contributed by atoms with Crippen molar-refractivity contribution in [2.75, 3.05) is 23.7 Å². The van der Waals surface area contributed by atoms with Gasteiger partial charge in [0.25, 0.3) is 5.95 Å². The van der Waals surface area contributed by atoms with Crippen LogP contribution in [-0.4, -0.2) is 53.5 Å². The minimum absolute atomic E-state index is 0.320. The number of nitrogens with zero attached hydrogens (tertiary/aromatic N) is 6. The molecule has 0 saturated heterocycles. The molecule has 9 nitrogen and oxygen atoms in total. The third kappa shape index (κ3) is 4.63. The summed E-state index contributed by atoms with van der Waals surface area (Å²) in [5.74, 6) is 1.19. The van der Waals surface area contributed by atoms with Crippen LogP contribution < -0.4 is 10.6 Å². The van der Waals surface area contributed by atoms with E-state index < -0.39 is 5.60 Å². The highest BCUT2D eigenvalue weighted by Crippen LogP contribution is 2.10. The molecule has 0 atom stereocenters. The van der Waals surface area contributed by atoms with Crippen LogP contribution in [0.1, 0.15) is 27.2 Å². The molecule has 21 heavy (non-hydrogen) atoms. The quantitative estimate of drug-likeness (QED) is 0.674. The first-order valence-corrected chi connectivity index (χ1v) is 6.79.